The van der Waals surface area contributed by atoms with Gasteiger partial charge in [0.05, 0.1) is 13.0 Å². The van der Waals surface area contributed by atoms with Crippen LogP contribution in [0.2, 0.25) is 0 Å². The van der Waals surface area contributed by atoms with Gasteiger partial charge in [0.1, 0.15) is 11.8 Å². The van der Waals surface area contributed by atoms with Crippen molar-refractivity contribution in [3.63, 3.8) is 0 Å². The van der Waals surface area contributed by atoms with E-state index in [2.05, 4.69) is 4.74 Å². The highest BCUT2D eigenvalue weighted by atomic mass is 16.7. The minimum atomic E-state index is -0.679. The zero-order chi connectivity index (χ0) is 11.4. The van der Waals surface area contributed by atoms with Gasteiger partial charge in [-0.25, -0.2) is 4.79 Å². The van der Waals surface area contributed by atoms with Crippen LogP contribution in [0.1, 0.15) is 13.8 Å². The van der Waals surface area contributed by atoms with E-state index in [0.29, 0.717) is 6.61 Å². The van der Waals surface area contributed by atoms with Gasteiger partial charge >= 0.3 is 5.97 Å². The lowest BCUT2D eigenvalue weighted by atomic mass is 9.98. The molecule has 0 bridgehead atoms. The lowest BCUT2D eigenvalue weighted by Gasteiger charge is -2.26. The number of carbonyl (C=O) groups excluding carboxylic acids is 2. The Kier molecular flexibility index (Phi) is 3.85. The van der Waals surface area contributed by atoms with Crippen molar-refractivity contribution < 1.29 is 23.8 Å². The van der Waals surface area contributed by atoms with E-state index in [-0.39, 0.29) is 11.4 Å². The molecule has 0 aliphatic carbocycles. The van der Waals surface area contributed by atoms with Crippen molar-refractivity contribution in [1.82, 2.24) is 0 Å². The van der Waals surface area contributed by atoms with Gasteiger partial charge in [-0.1, -0.05) is 0 Å². The number of esters is 1. The first-order valence-corrected chi connectivity index (χ1v) is 4.71. The monoisotopic (exact) mass is 214 g/mol. The molecule has 2 atom stereocenters. The largest absolute Gasteiger partial charge is 0.471 e. The van der Waals surface area contributed by atoms with Crippen molar-refractivity contribution in [3.05, 3.63) is 11.8 Å². The van der Waals surface area contributed by atoms with Crippen LogP contribution >= 0.6 is 0 Å². The maximum Gasteiger partial charge on any atom is 0.344 e. The Labute approximate surface area is 88.0 Å². The third-order valence-corrected chi connectivity index (χ3v) is 2.14. The highest BCUT2D eigenvalue weighted by Gasteiger charge is 2.35. The molecule has 0 amide bonds. The summed E-state index contributed by atoms with van der Waals surface area (Å²) in [4.78, 5) is 22.8. The smallest absolute Gasteiger partial charge is 0.344 e. The van der Waals surface area contributed by atoms with Gasteiger partial charge in [0, 0.05) is 6.61 Å². The van der Waals surface area contributed by atoms with E-state index < -0.39 is 18.2 Å². The Morgan fingerprint density at radius 2 is 2.27 bits per heavy atom. The van der Waals surface area contributed by atoms with Gasteiger partial charge < -0.3 is 14.2 Å². The van der Waals surface area contributed by atoms with Crippen molar-refractivity contribution >= 4 is 11.8 Å². The van der Waals surface area contributed by atoms with Crippen LogP contribution in [0, 0.1) is 5.92 Å². The molecule has 0 aromatic heterocycles. The number of hydrogen-bond donors (Lipinski definition) is 0. The van der Waals surface area contributed by atoms with Crippen LogP contribution in [0.5, 0.6) is 0 Å². The van der Waals surface area contributed by atoms with Gasteiger partial charge in [0.15, 0.2) is 5.78 Å². The number of hydrogen-bond acceptors (Lipinski definition) is 5. The summed E-state index contributed by atoms with van der Waals surface area (Å²) in [6.45, 7) is 3.91. The summed E-state index contributed by atoms with van der Waals surface area (Å²) in [5.74, 6) is -1.49. The Morgan fingerprint density at radius 3 is 2.80 bits per heavy atom. The molecule has 0 saturated carbocycles. The van der Waals surface area contributed by atoms with Gasteiger partial charge in [0.2, 0.25) is 6.29 Å². The molecule has 2 unspecified atom stereocenters. The maximum atomic E-state index is 11.7. The van der Waals surface area contributed by atoms with Crippen LogP contribution < -0.4 is 0 Å². The molecule has 5 heteroatoms. The Balaban J connectivity index is 2.80. The fourth-order valence-corrected chi connectivity index (χ4v) is 1.29. The van der Waals surface area contributed by atoms with Crippen LogP contribution in [0.4, 0.5) is 0 Å². The predicted octanol–water partition coefficient (Wildman–Crippen LogP) is 0.641. The number of carbonyl (C=O) groups is 2. The predicted molar refractivity (Wildman–Crippen MR) is 50.8 cm³/mol. The van der Waals surface area contributed by atoms with Crippen LogP contribution in [0.15, 0.2) is 11.8 Å². The first-order valence-electron chi connectivity index (χ1n) is 4.71. The molecule has 1 aliphatic heterocycles. The minimum Gasteiger partial charge on any atom is -0.471 e. The third-order valence-electron chi connectivity index (χ3n) is 2.14. The SMILES string of the molecule is CCOC1OC=C(C(=O)OC)C(=O)C1C. The number of methoxy groups -OCH3 is 1. The number of ether oxygens (including phenoxy) is 3. The molecule has 0 aromatic carbocycles. The number of Topliss-reactive ketones (excluding diaryl/α,β-unsaturated/α-hetero) is 1. The first kappa shape index (κ1) is 11.7. The summed E-state index contributed by atoms with van der Waals surface area (Å²) in [6, 6.07) is 0. The van der Waals surface area contributed by atoms with E-state index in [1.807, 2.05) is 0 Å². The van der Waals surface area contributed by atoms with E-state index in [0.717, 1.165) is 6.26 Å². The fraction of sp³-hybridized carbons (Fsp3) is 0.600. The fourth-order valence-electron chi connectivity index (χ4n) is 1.29. The Hall–Kier alpha value is -1.36. The average molecular weight is 214 g/mol. The lowest BCUT2D eigenvalue weighted by molar-refractivity contribution is -0.160. The van der Waals surface area contributed by atoms with Crippen molar-refractivity contribution in [3.8, 4) is 0 Å². The Morgan fingerprint density at radius 1 is 1.60 bits per heavy atom. The topological polar surface area (TPSA) is 61.8 Å². The summed E-state index contributed by atoms with van der Waals surface area (Å²) in [6.07, 6.45) is 0.491. The maximum absolute atomic E-state index is 11.7. The molecule has 1 aliphatic rings. The molecule has 0 spiro atoms. The van der Waals surface area contributed by atoms with Crippen LogP contribution in [0.3, 0.4) is 0 Å². The van der Waals surface area contributed by atoms with Gasteiger partial charge in [-0.2, -0.15) is 0 Å². The standard InChI is InChI=1S/C10H14O5/c1-4-14-10-6(2)8(11)7(5-15-10)9(12)13-3/h5-6,10H,4H2,1-3H3. The summed E-state index contributed by atoms with van der Waals surface area (Å²) >= 11 is 0. The normalized spacial score (nSPS) is 25.5. The molecule has 84 valence electrons. The van der Waals surface area contributed by atoms with E-state index in [9.17, 15) is 9.59 Å². The zero-order valence-electron chi connectivity index (χ0n) is 8.98. The Bertz CT molecular complexity index is 294. The summed E-state index contributed by atoms with van der Waals surface area (Å²) < 4.78 is 14.8. The molecule has 1 heterocycles. The van der Waals surface area contributed by atoms with Gasteiger partial charge in [0.25, 0.3) is 0 Å². The van der Waals surface area contributed by atoms with E-state index >= 15 is 0 Å². The molecule has 0 aromatic rings. The molecule has 0 saturated heterocycles. The molecular formula is C10H14O5. The highest BCUT2D eigenvalue weighted by molar-refractivity contribution is 6.18. The average Bonchev–Trinajstić information content (AvgIpc) is 2.24. The molecule has 0 radical (unpaired) electrons. The lowest BCUT2D eigenvalue weighted by Crippen LogP contribution is -2.36. The molecule has 15 heavy (non-hydrogen) atoms. The van der Waals surface area contributed by atoms with Gasteiger partial charge in [-0.3, -0.25) is 4.79 Å². The summed E-state index contributed by atoms with van der Waals surface area (Å²) in [5.41, 5.74) is -0.0686. The quantitative estimate of drug-likeness (QED) is 0.509. The summed E-state index contributed by atoms with van der Waals surface area (Å²) in [7, 11) is 1.22. The molecule has 5 nitrogen and oxygen atoms in total. The van der Waals surface area contributed by atoms with E-state index in [1.165, 1.54) is 7.11 Å². The molecule has 0 N–H and O–H groups in total. The van der Waals surface area contributed by atoms with Crippen LogP contribution in [-0.4, -0.2) is 31.8 Å². The second kappa shape index (κ2) is 4.93. The van der Waals surface area contributed by atoms with Crippen molar-refractivity contribution in [2.75, 3.05) is 13.7 Å². The van der Waals surface area contributed by atoms with Crippen LogP contribution in [0.25, 0.3) is 0 Å². The highest BCUT2D eigenvalue weighted by Crippen LogP contribution is 2.21. The van der Waals surface area contributed by atoms with Crippen molar-refractivity contribution in [2.24, 2.45) is 5.92 Å². The van der Waals surface area contributed by atoms with E-state index in [4.69, 9.17) is 9.47 Å². The number of ketones is 1. The second-order valence-corrected chi connectivity index (χ2v) is 3.14. The van der Waals surface area contributed by atoms with E-state index in [1.54, 1.807) is 13.8 Å². The second-order valence-electron chi connectivity index (χ2n) is 3.14. The zero-order valence-corrected chi connectivity index (χ0v) is 8.98. The molecular weight excluding hydrogens is 200 g/mol. The summed E-state index contributed by atoms with van der Waals surface area (Å²) in [5, 5.41) is 0. The molecule has 0 fully saturated rings. The third kappa shape index (κ3) is 2.36. The number of rotatable bonds is 3. The minimum absolute atomic E-state index is 0.0686. The van der Waals surface area contributed by atoms with Gasteiger partial charge in [-0.15, -0.1) is 0 Å². The first-order chi connectivity index (χ1) is 7.11. The van der Waals surface area contributed by atoms with Crippen molar-refractivity contribution in [1.29, 1.82) is 0 Å². The molecule has 1 rings (SSSR count). The van der Waals surface area contributed by atoms with Gasteiger partial charge in [-0.05, 0) is 13.8 Å². The van der Waals surface area contributed by atoms with Crippen molar-refractivity contribution in [2.45, 2.75) is 20.1 Å². The van der Waals surface area contributed by atoms with Crippen LogP contribution in [-0.2, 0) is 23.8 Å².